The first kappa shape index (κ1) is 13.7. The Morgan fingerprint density at radius 1 is 1.24 bits per heavy atom. The lowest BCUT2D eigenvalue weighted by atomic mass is 10.0. The molecule has 0 saturated heterocycles. The van der Waals surface area contributed by atoms with Crippen LogP contribution < -0.4 is 0 Å². The van der Waals surface area contributed by atoms with Gasteiger partial charge < -0.3 is 4.90 Å². The van der Waals surface area contributed by atoms with Gasteiger partial charge in [-0.25, -0.2) is 0 Å². The highest BCUT2D eigenvalue weighted by Crippen LogP contribution is 2.11. The predicted molar refractivity (Wildman–Crippen MR) is 72.0 cm³/mol. The molecule has 0 aromatic heterocycles. The van der Waals surface area contributed by atoms with Gasteiger partial charge in [-0.2, -0.15) is 5.26 Å². The van der Waals surface area contributed by atoms with E-state index in [1.807, 2.05) is 0 Å². The largest absolute Gasteiger partial charge is 0.306 e. The number of benzene rings is 1. The van der Waals surface area contributed by atoms with Crippen molar-refractivity contribution >= 4 is 0 Å². The van der Waals surface area contributed by atoms with Crippen molar-refractivity contribution in [2.75, 3.05) is 20.1 Å². The minimum atomic E-state index is 0.661. The molecule has 0 aliphatic heterocycles. The minimum absolute atomic E-state index is 0.661. The van der Waals surface area contributed by atoms with Gasteiger partial charge in [0.2, 0.25) is 0 Å². The maximum absolute atomic E-state index is 8.49. The number of hydrogen-bond acceptors (Lipinski definition) is 2. The molecule has 0 atom stereocenters. The van der Waals surface area contributed by atoms with Gasteiger partial charge in [0.05, 0.1) is 6.07 Å². The van der Waals surface area contributed by atoms with E-state index in [2.05, 4.69) is 50.1 Å². The molecule has 17 heavy (non-hydrogen) atoms. The molecule has 0 heterocycles. The molecule has 1 rings (SSSR count). The second-order valence-corrected chi connectivity index (χ2v) is 4.74. The van der Waals surface area contributed by atoms with Crippen molar-refractivity contribution in [2.45, 2.75) is 33.1 Å². The topological polar surface area (TPSA) is 27.0 Å². The summed E-state index contributed by atoms with van der Waals surface area (Å²) in [5.41, 5.74) is 4.15. The highest BCUT2D eigenvalue weighted by molar-refractivity contribution is 5.30. The van der Waals surface area contributed by atoms with Crippen LogP contribution in [0.1, 0.15) is 29.5 Å². The number of hydrogen-bond donors (Lipinski definition) is 0. The molecule has 92 valence electrons. The maximum Gasteiger partial charge on any atom is 0.0622 e. The zero-order valence-electron chi connectivity index (χ0n) is 11.2. The smallest absolute Gasteiger partial charge is 0.0622 e. The van der Waals surface area contributed by atoms with Crippen molar-refractivity contribution in [1.29, 1.82) is 5.26 Å². The summed E-state index contributed by atoms with van der Waals surface area (Å²) in [6.07, 6.45) is 2.73. The van der Waals surface area contributed by atoms with Crippen LogP contribution in [-0.4, -0.2) is 25.0 Å². The highest BCUT2D eigenvalue weighted by atomic mass is 15.1. The molecule has 0 spiro atoms. The van der Waals surface area contributed by atoms with Gasteiger partial charge in [0.25, 0.3) is 0 Å². The van der Waals surface area contributed by atoms with E-state index < -0.39 is 0 Å². The van der Waals surface area contributed by atoms with Gasteiger partial charge in [-0.15, -0.1) is 0 Å². The van der Waals surface area contributed by atoms with E-state index in [-0.39, 0.29) is 0 Å². The Kier molecular flexibility index (Phi) is 5.72. The third kappa shape index (κ3) is 5.01. The molecule has 1 aromatic carbocycles. The summed E-state index contributed by atoms with van der Waals surface area (Å²) < 4.78 is 0. The van der Waals surface area contributed by atoms with Gasteiger partial charge in [-0.05, 0) is 51.4 Å². The molecule has 0 unspecified atom stereocenters. The van der Waals surface area contributed by atoms with E-state index in [1.165, 1.54) is 16.7 Å². The van der Waals surface area contributed by atoms with E-state index in [4.69, 9.17) is 5.26 Å². The third-order valence-corrected chi connectivity index (χ3v) is 3.10. The molecule has 0 aliphatic carbocycles. The van der Waals surface area contributed by atoms with Gasteiger partial charge in [0.1, 0.15) is 0 Å². The maximum atomic E-state index is 8.49. The van der Waals surface area contributed by atoms with Crippen LogP contribution in [0.4, 0.5) is 0 Å². The van der Waals surface area contributed by atoms with Crippen LogP contribution in [0.5, 0.6) is 0 Å². The number of nitrogens with zero attached hydrogens (tertiary/aromatic N) is 2. The molecule has 0 aliphatic rings. The quantitative estimate of drug-likeness (QED) is 0.702. The fourth-order valence-electron chi connectivity index (χ4n) is 1.92. The number of rotatable bonds is 6. The van der Waals surface area contributed by atoms with Crippen molar-refractivity contribution in [3.05, 3.63) is 34.9 Å². The summed E-state index contributed by atoms with van der Waals surface area (Å²) in [5.74, 6) is 0. The summed E-state index contributed by atoms with van der Waals surface area (Å²) in [4.78, 5) is 2.30. The first-order chi connectivity index (χ1) is 8.13. The number of unbranched alkanes of at least 4 members (excludes halogenated alkanes) is 1. The SMILES string of the molecule is Cc1ccc(C)c(CCN(C)CCCC#N)c1. The molecule has 0 radical (unpaired) electrons. The van der Waals surface area contributed by atoms with E-state index in [9.17, 15) is 0 Å². The molecular weight excluding hydrogens is 208 g/mol. The monoisotopic (exact) mass is 230 g/mol. The molecule has 0 bridgehead atoms. The summed E-state index contributed by atoms with van der Waals surface area (Å²) >= 11 is 0. The van der Waals surface area contributed by atoms with Crippen LogP contribution in [0.25, 0.3) is 0 Å². The highest BCUT2D eigenvalue weighted by Gasteiger charge is 2.02. The third-order valence-electron chi connectivity index (χ3n) is 3.10. The van der Waals surface area contributed by atoms with Gasteiger partial charge in [0.15, 0.2) is 0 Å². The van der Waals surface area contributed by atoms with Crippen LogP contribution in [0.3, 0.4) is 0 Å². The lowest BCUT2D eigenvalue weighted by molar-refractivity contribution is 0.335. The fraction of sp³-hybridized carbons (Fsp3) is 0.533. The van der Waals surface area contributed by atoms with E-state index in [0.717, 1.165) is 25.9 Å². The average Bonchev–Trinajstić information content (AvgIpc) is 2.31. The average molecular weight is 230 g/mol. The Hall–Kier alpha value is -1.33. The van der Waals surface area contributed by atoms with Crippen molar-refractivity contribution in [3.8, 4) is 6.07 Å². The lowest BCUT2D eigenvalue weighted by Crippen LogP contribution is -2.22. The Labute approximate surface area is 105 Å². The van der Waals surface area contributed by atoms with Gasteiger partial charge >= 0.3 is 0 Å². The Bertz CT molecular complexity index is 390. The summed E-state index contributed by atoms with van der Waals surface area (Å²) in [7, 11) is 2.13. The Morgan fingerprint density at radius 2 is 2.00 bits per heavy atom. The molecule has 1 aromatic rings. The predicted octanol–water partition coefficient (Wildman–Crippen LogP) is 3.08. The zero-order chi connectivity index (χ0) is 12.7. The van der Waals surface area contributed by atoms with Crippen LogP contribution >= 0.6 is 0 Å². The summed E-state index contributed by atoms with van der Waals surface area (Å²) in [6.45, 7) is 6.39. The van der Waals surface area contributed by atoms with Gasteiger partial charge in [-0.1, -0.05) is 23.8 Å². The minimum Gasteiger partial charge on any atom is -0.306 e. The molecule has 2 heteroatoms. The van der Waals surface area contributed by atoms with Crippen LogP contribution in [0, 0.1) is 25.2 Å². The Balaban J connectivity index is 2.39. The summed E-state index contributed by atoms with van der Waals surface area (Å²) in [5, 5.41) is 8.49. The van der Waals surface area contributed by atoms with Crippen LogP contribution in [-0.2, 0) is 6.42 Å². The summed E-state index contributed by atoms with van der Waals surface area (Å²) in [6, 6.07) is 8.82. The molecule has 0 amide bonds. The number of likely N-dealkylation sites (N-methyl/N-ethyl adjacent to an activating group) is 1. The first-order valence-electron chi connectivity index (χ1n) is 6.25. The van der Waals surface area contributed by atoms with Gasteiger partial charge in [-0.3, -0.25) is 0 Å². The van der Waals surface area contributed by atoms with Crippen molar-refractivity contribution in [3.63, 3.8) is 0 Å². The van der Waals surface area contributed by atoms with Gasteiger partial charge in [0, 0.05) is 13.0 Å². The van der Waals surface area contributed by atoms with Crippen LogP contribution in [0.15, 0.2) is 18.2 Å². The zero-order valence-corrected chi connectivity index (χ0v) is 11.2. The van der Waals surface area contributed by atoms with E-state index in [1.54, 1.807) is 0 Å². The molecule has 0 N–H and O–H groups in total. The lowest BCUT2D eigenvalue weighted by Gasteiger charge is -2.16. The molecular formula is C15H22N2. The number of aryl methyl sites for hydroxylation is 2. The van der Waals surface area contributed by atoms with Crippen molar-refractivity contribution in [1.82, 2.24) is 4.90 Å². The molecule has 2 nitrogen and oxygen atoms in total. The standard InChI is InChI=1S/C15H22N2/c1-13-6-7-14(2)15(12-13)8-11-17(3)10-5-4-9-16/h6-7,12H,4-5,8,10-11H2,1-3H3. The van der Waals surface area contributed by atoms with Crippen LogP contribution in [0.2, 0.25) is 0 Å². The second-order valence-electron chi connectivity index (χ2n) is 4.74. The molecule has 0 fully saturated rings. The van der Waals surface area contributed by atoms with E-state index in [0.29, 0.717) is 6.42 Å². The fourth-order valence-corrected chi connectivity index (χ4v) is 1.92. The van der Waals surface area contributed by atoms with Crippen molar-refractivity contribution < 1.29 is 0 Å². The number of nitriles is 1. The molecule has 0 saturated carbocycles. The normalized spacial score (nSPS) is 10.5. The van der Waals surface area contributed by atoms with E-state index >= 15 is 0 Å². The Morgan fingerprint density at radius 3 is 2.71 bits per heavy atom. The second kappa shape index (κ2) is 7.09. The first-order valence-corrected chi connectivity index (χ1v) is 6.25. The van der Waals surface area contributed by atoms with Crippen molar-refractivity contribution in [2.24, 2.45) is 0 Å².